The van der Waals surface area contributed by atoms with Crippen molar-refractivity contribution in [3.8, 4) is 0 Å². The summed E-state index contributed by atoms with van der Waals surface area (Å²) >= 11 is 0. The zero-order chi connectivity index (χ0) is 9.19. The van der Waals surface area contributed by atoms with Crippen LogP contribution in [0.2, 0.25) is 0 Å². The molecule has 1 atom stereocenters. The molecule has 0 aliphatic carbocycles. The predicted molar refractivity (Wildman–Crippen MR) is 47.1 cm³/mol. The Bertz CT molecular complexity index is 167. The van der Waals surface area contributed by atoms with Gasteiger partial charge >= 0.3 is 5.97 Å². The van der Waals surface area contributed by atoms with Crippen LogP contribution in [0.4, 0.5) is 0 Å². The summed E-state index contributed by atoms with van der Waals surface area (Å²) in [5, 5.41) is 11.8. The van der Waals surface area contributed by atoms with E-state index in [-0.39, 0.29) is 12.5 Å². The first-order valence-corrected chi connectivity index (χ1v) is 4.45. The molecular weight excluding hydrogens is 154 g/mol. The van der Waals surface area contributed by atoms with Crippen LogP contribution in [-0.4, -0.2) is 23.7 Å². The smallest absolute Gasteiger partial charge is 0.304 e. The zero-order valence-electron chi connectivity index (χ0n) is 7.76. The lowest BCUT2D eigenvalue weighted by molar-refractivity contribution is -0.137. The van der Waals surface area contributed by atoms with E-state index >= 15 is 0 Å². The van der Waals surface area contributed by atoms with Crippen molar-refractivity contribution in [3.63, 3.8) is 0 Å². The van der Waals surface area contributed by atoms with Gasteiger partial charge in [-0.05, 0) is 18.3 Å². The van der Waals surface area contributed by atoms with Gasteiger partial charge in [0.2, 0.25) is 0 Å². The van der Waals surface area contributed by atoms with Crippen LogP contribution in [0.1, 0.15) is 33.1 Å². The van der Waals surface area contributed by atoms with Gasteiger partial charge in [-0.15, -0.1) is 0 Å². The van der Waals surface area contributed by atoms with Crippen LogP contribution in [0, 0.1) is 5.41 Å². The molecule has 0 aromatic rings. The predicted octanol–water partition coefficient (Wildman–Crippen LogP) is 1.24. The minimum Gasteiger partial charge on any atom is -0.481 e. The molecule has 0 bridgehead atoms. The Morgan fingerprint density at radius 3 is 2.75 bits per heavy atom. The highest BCUT2D eigenvalue weighted by atomic mass is 16.4. The fourth-order valence-corrected chi connectivity index (χ4v) is 1.56. The molecule has 2 N–H and O–H groups in total. The van der Waals surface area contributed by atoms with E-state index in [4.69, 9.17) is 5.11 Å². The second kappa shape index (κ2) is 3.44. The fraction of sp³-hybridized carbons (Fsp3) is 0.889. The van der Waals surface area contributed by atoms with Gasteiger partial charge in [0.15, 0.2) is 0 Å². The average molecular weight is 171 g/mol. The Morgan fingerprint density at radius 1 is 1.67 bits per heavy atom. The SMILES string of the molecule is CC1(C)CCC(CC(=O)O)NC1. The Labute approximate surface area is 73.2 Å². The van der Waals surface area contributed by atoms with Gasteiger partial charge in [0, 0.05) is 12.6 Å². The van der Waals surface area contributed by atoms with Crippen molar-refractivity contribution in [2.45, 2.75) is 39.2 Å². The summed E-state index contributed by atoms with van der Waals surface area (Å²) in [4.78, 5) is 10.4. The number of carboxylic acids is 1. The third-order valence-electron chi connectivity index (χ3n) is 2.46. The van der Waals surface area contributed by atoms with E-state index in [0.717, 1.165) is 19.4 Å². The molecule has 3 heteroatoms. The van der Waals surface area contributed by atoms with Crippen LogP contribution in [0.5, 0.6) is 0 Å². The number of carboxylic acid groups (broad SMARTS) is 1. The van der Waals surface area contributed by atoms with Crippen LogP contribution in [0.3, 0.4) is 0 Å². The van der Waals surface area contributed by atoms with Gasteiger partial charge in [0.25, 0.3) is 0 Å². The van der Waals surface area contributed by atoms with Crippen molar-refractivity contribution >= 4 is 5.97 Å². The van der Waals surface area contributed by atoms with Crippen molar-refractivity contribution in [1.82, 2.24) is 5.32 Å². The molecule has 1 aliphatic heterocycles. The molecule has 1 fully saturated rings. The molecule has 0 amide bonds. The molecule has 1 saturated heterocycles. The topological polar surface area (TPSA) is 49.3 Å². The molecule has 0 aromatic carbocycles. The summed E-state index contributed by atoms with van der Waals surface area (Å²) in [6, 6.07) is 0.190. The molecule has 1 heterocycles. The van der Waals surface area contributed by atoms with Gasteiger partial charge in [-0.1, -0.05) is 13.8 Å². The molecule has 1 unspecified atom stereocenters. The van der Waals surface area contributed by atoms with Gasteiger partial charge in [0.05, 0.1) is 6.42 Å². The van der Waals surface area contributed by atoms with E-state index in [0.29, 0.717) is 5.41 Å². The molecular formula is C9H17NO2. The number of carbonyl (C=O) groups is 1. The zero-order valence-corrected chi connectivity index (χ0v) is 7.76. The van der Waals surface area contributed by atoms with Crippen LogP contribution < -0.4 is 5.32 Å². The number of piperidine rings is 1. The van der Waals surface area contributed by atoms with Crippen LogP contribution in [0.15, 0.2) is 0 Å². The summed E-state index contributed by atoms with van der Waals surface area (Å²) < 4.78 is 0. The van der Waals surface area contributed by atoms with E-state index in [2.05, 4.69) is 19.2 Å². The first-order valence-electron chi connectivity index (χ1n) is 4.45. The average Bonchev–Trinajstić information content (AvgIpc) is 1.93. The maximum Gasteiger partial charge on any atom is 0.304 e. The molecule has 0 saturated carbocycles. The molecule has 1 aliphatic rings. The third-order valence-corrected chi connectivity index (χ3v) is 2.46. The number of aliphatic carboxylic acids is 1. The molecule has 3 nitrogen and oxygen atoms in total. The molecule has 0 aromatic heterocycles. The standard InChI is InChI=1S/C9H17NO2/c1-9(2)4-3-7(10-6-9)5-8(11)12/h7,10H,3-6H2,1-2H3,(H,11,12). The maximum absolute atomic E-state index is 10.4. The highest BCUT2D eigenvalue weighted by Crippen LogP contribution is 2.27. The van der Waals surface area contributed by atoms with Crippen LogP contribution in [-0.2, 0) is 4.79 Å². The lowest BCUT2D eigenvalue weighted by Crippen LogP contribution is -2.43. The molecule has 0 spiro atoms. The summed E-state index contributed by atoms with van der Waals surface area (Å²) in [6.07, 6.45) is 2.37. The van der Waals surface area contributed by atoms with Gasteiger partial charge in [0.1, 0.15) is 0 Å². The molecule has 0 radical (unpaired) electrons. The third kappa shape index (κ3) is 2.81. The van der Waals surface area contributed by atoms with Crippen molar-refractivity contribution in [1.29, 1.82) is 0 Å². The van der Waals surface area contributed by atoms with E-state index in [1.165, 1.54) is 0 Å². The minimum atomic E-state index is -0.702. The Hall–Kier alpha value is -0.570. The lowest BCUT2D eigenvalue weighted by Gasteiger charge is -2.34. The number of nitrogens with one attached hydrogen (secondary N) is 1. The Morgan fingerprint density at radius 2 is 2.33 bits per heavy atom. The van der Waals surface area contributed by atoms with Gasteiger partial charge in [-0.3, -0.25) is 4.79 Å². The van der Waals surface area contributed by atoms with Gasteiger partial charge < -0.3 is 10.4 Å². The second-order valence-electron chi connectivity index (χ2n) is 4.38. The van der Waals surface area contributed by atoms with Crippen molar-refractivity contribution in [2.75, 3.05) is 6.54 Å². The van der Waals surface area contributed by atoms with Crippen LogP contribution in [0.25, 0.3) is 0 Å². The highest BCUT2D eigenvalue weighted by molar-refractivity contribution is 5.67. The normalized spacial score (nSPS) is 28.3. The first-order chi connectivity index (χ1) is 5.49. The van der Waals surface area contributed by atoms with E-state index < -0.39 is 5.97 Å². The van der Waals surface area contributed by atoms with Crippen molar-refractivity contribution < 1.29 is 9.90 Å². The molecule has 1 rings (SSSR count). The van der Waals surface area contributed by atoms with Crippen LogP contribution >= 0.6 is 0 Å². The number of rotatable bonds is 2. The lowest BCUT2D eigenvalue weighted by atomic mass is 9.82. The summed E-state index contributed by atoms with van der Waals surface area (Å²) in [6.45, 7) is 5.35. The fourth-order valence-electron chi connectivity index (χ4n) is 1.56. The van der Waals surface area contributed by atoms with Crippen molar-refractivity contribution in [2.24, 2.45) is 5.41 Å². The van der Waals surface area contributed by atoms with E-state index in [9.17, 15) is 4.79 Å². The minimum absolute atomic E-state index is 0.190. The quantitative estimate of drug-likeness (QED) is 0.657. The van der Waals surface area contributed by atoms with E-state index in [1.54, 1.807) is 0 Å². The molecule has 70 valence electrons. The summed E-state index contributed by atoms with van der Waals surface area (Å²) in [5.41, 5.74) is 0.342. The second-order valence-corrected chi connectivity index (χ2v) is 4.38. The van der Waals surface area contributed by atoms with Crippen molar-refractivity contribution in [3.05, 3.63) is 0 Å². The summed E-state index contributed by atoms with van der Waals surface area (Å²) in [5.74, 6) is -0.702. The van der Waals surface area contributed by atoms with Gasteiger partial charge in [-0.2, -0.15) is 0 Å². The van der Waals surface area contributed by atoms with Gasteiger partial charge in [-0.25, -0.2) is 0 Å². The Balaban J connectivity index is 2.31. The summed E-state index contributed by atoms with van der Waals surface area (Å²) in [7, 11) is 0. The number of hydrogen-bond acceptors (Lipinski definition) is 2. The largest absolute Gasteiger partial charge is 0.481 e. The monoisotopic (exact) mass is 171 g/mol. The maximum atomic E-state index is 10.4. The van der Waals surface area contributed by atoms with E-state index in [1.807, 2.05) is 0 Å². The highest BCUT2D eigenvalue weighted by Gasteiger charge is 2.27. The molecule has 12 heavy (non-hydrogen) atoms. The Kier molecular flexibility index (Phi) is 2.73. The first kappa shape index (κ1) is 9.52. The number of hydrogen-bond donors (Lipinski definition) is 2.